The number of halogens is 3. The predicted octanol–water partition coefficient (Wildman–Crippen LogP) is 4.27. The van der Waals surface area contributed by atoms with Gasteiger partial charge in [0.2, 0.25) is 0 Å². The van der Waals surface area contributed by atoms with Crippen LogP contribution in [0.3, 0.4) is 0 Å². The highest BCUT2D eigenvalue weighted by atomic mass is 19.4. The monoisotopic (exact) mass is 324 g/mol. The third kappa shape index (κ3) is 4.22. The van der Waals surface area contributed by atoms with E-state index < -0.39 is 11.7 Å². The van der Waals surface area contributed by atoms with Crippen LogP contribution < -0.4 is 10.1 Å². The van der Waals surface area contributed by atoms with Crippen LogP contribution in [0.1, 0.15) is 35.3 Å². The van der Waals surface area contributed by atoms with E-state index in [1.165, 1.54) is 12.3 Å². The zero-order valence-electron chi connectivity index (χ0n) is 13.2. The van der Waals surface area contributed by atoms with Crippen molar-refractivity contribution in [2.24, 2.45) is 0 Å². The molecule has 1 aromatic carbocycles. The maximum absolute atomic E-state index is 13.0. The van der Waals surface area contributed by atoms with Crippen molar-refractivity contribution in [3.05, 3.63) is 58.9 Å². The number of aromatic nitrogens is 1. The first-order chi connectivity index (χ1) is 10.8. The van der Waals surface area contributed by atoms with E-state index in [9.17, 15) is 13.2 Å². The lowest BCUT2D eigenvalue weighted by Crippen LogP contribution is -2.22. The third-order valence-corrected chi connectivity index (χ3v) is 3.62. The quantitative estimate of drug-likeness (QED) is 0.892. The van der Waals surface area contributed by atoms with Crippen molar-refractivity contribution < 1.29 is 17.9 Å². The van der Waals surface area contributed by atoms with E-state index >= 15 is 0 Å². The number of hydrogen-bond acceptors (Lipinski definition) is 3. The second kappa shape index (κ2) is 7.00. The van der Waals surface area contributed by atoms with Gasteiger partial charge >= 0.3 is 6.18 Å². The van der Waals surface area contributed by atoms with Crippen molar-refractivity contribution in [3.8, 4) is 5.75 Å². The average Bonchev–Trinajstić information content (AvgIpc) is 2.52. The lowest BCUT2D eigenvalue weighted by Gasteiger charge is -2.19. The molecular weight excluding hydrogens is 305 g/mol. The molecular formula is C17H19F3N2O. The van der Waals surface area contributed by atoms with Crippen LogP contribution in [0.5, 0.6) is 5.75 Å². The molecule has 1 atom stereocenters. The van der Waals surface area contributed by atoms with Crippen molar-refractivity contribution in [2.75, 3.05) is 7.11 Å². The van der Waals surface area contributed by atoms with Gasteiger partial charge in [0.15, 0.2) is 0 Å². The maximum Gasteiger partial charge on any atom is 0.418 e. The Kier molecular flexibility index (Phi) is 5.26. The number of methoxy groups -OCH3 is 1. The van der Waals surface area contributed by atoms with Gasteiger partial charge in [-0.05, 0) is 32.0 Å². The molecule has 0 saturated carbocycles. The topological polar surface area (TPSA) is 34.1 Å². The van der Waals surface area contributed by atoms with Gasteiger partial charge in [0.1, 0.15) is 5.75 Å². The molecule has 1 heterocycles. The first kappa shape index (κ1) is 17.3. The van der Waals surface area contributed by atoms with Crippen molar-refractivity contribution in [2.45, 2.75) is 32.6 Å². The molecule has 1 aromatic heterocycles. The highest BCUT2D eigenvalue weighted by molar-refractivity contribution is 5.39. The molecule has 124 valence electrons. The molecule has 2 aromatic rings. The van der Waals surface area contributed by atoms with E-state index in [4.69, 9.17) is 4.74 Å². The normalized spacial score (nSPS) is 13.0. The minimum atomic E-state index is -4.41. The van der Waals surface area contributed by atoms with E-state index in [0.29, 0.717) is 5.75 Å². The molecule has 0 aliphatic carbocycles. The Hall–Kier alpha value is -2.08. The minimum Gasteiger partial charge on any atom is -0.496 e. The fraction of sp³-hybridized carbons (Fsp3) is 0.353. The second-order valence-corrected chi connectivity index (χ2v) is 5.34. The number of nitrogens with one attached hydrogen (secondary N) is 1. The van der Waals surface area contributed by atoms with Gasteiger partial charge in [0, 0.05) is 24.3 Å². The van der Waals surface area contributed by atoms with Crippen molar-refractivity contribution in [1.29, 1.82) is 0 Å². The Labute approximate surface area is 133 Å². The summed E-state index contributed by atoms with van der Waals surface area (Å²) in [4.78, 5) is 3.86. The van der Waals surface area contributed by atoms with E-state index in [1.807, 2.05) is 32.0 Å². The molecule has 3 nitrogen and oxygen atoms in total. The number of alkyl halides is 3. The molecule has 6 heteroatoms. The average molecular weight is 324 g/mol. The molecule has 23 heavy (non-hydrogen) atoms. The lowest BCUT2D eigenvalue weighted by molar-refractivity contribution is -0.138. The van der Waals surface area contributed by atoms with Crippen LogP contribution in [0.4, 0.5) is 13.2 Å². The number of hydrogen-bond donors (Lipinski definition) is 1. The van der Waals surface area contributed by atoms with Gasteiger partial charge in [-0.3, -0.25) is 4.98 Å². The summed E-state index contributed by atoms with van der Waals surface area (Å²) in [5.74, 6) is 0.702. The van der Waals surface area contributed by atoms with Crippen molar-refractivity contribution in [3.63, 3.8) is 0 Å². The summed E-state index contributed by atoms with van der Waals surface area (Å²) in [5, 5.41) is 3.09. The van der Waals surface area contributed by atoms with Gasteiger partial charge < -0.3 is 10.1 Å². The number of ether oxygens (including phenoxy) is 1. The van der Waals surface area contributed by atoms with Crippen LogP contribution in [0.25, 0.3) is 0 Å². The Morgan fingerprint density at radius 3 is 2.65 bits per heavy atom. The van der Waals surface area contributed by atoms with Gasteiger partial charge in [-0.1, -0.05) is 17.7 Å². The molecule has 0 spiro atoms. The largest absolute Gasteiger partial charge is 0.496 e. The highest BCUT2D eigenvalue weighted by Gasteiger charge is 2.33. The molecule has 0 amide bonds. The zero-order chi connectivity index (χ0) is 17.0. The van der Waals surface area contributed by atoms with Crippen LogP contribution >= 0.6 is 0 Å². The summed E-state index contributed by atoms with van der Waals surface area (Å²) in [5.41, 5.74) is 1.23. The molecule has 0 aliphatic rings. The fourth-order valence-electron chi connectivity index (χ4n) is 2.39. The first-order valence-electron chi connectivity index (χ1n) is 7.22. The number of nitrogens with zero attached hydrogens (tertiary/aromatic N) is 1. The fourth-order valence-corrected chi connectivity index (χ4v) is 2.39. The van der Waals surface area contributed by atoms with Crippen molar-refractivity contribution >= 4 is 0 Å². The lowest BCUT2D eigenvalue weighted by atomic mass is 10.0. The van der Waals surface area contributed by atoms with Gasteiger partial charge in [0.05, 0.1) is 18.4 Å². The summed E-state index contributed by atoms with van der Waals surface area (Å²) in [7, 11) is 1.57. The Morgan fingerprint density at radius 2 is 2.00 bits per heavy atom. The van der Waals surface area contributed by atoms with E-state index in [0.717, 1.165) is 17.2 Å². The van der Waals surface area contributed by atoms with Crippen molar-refractivity contribution in [1.82, 2.24) is 10.3 Å². The van der Waals surface area contributed by atoms with Crippen LogP contribution in [0.15, 0.2) is 36.5 Å². The van der Waals surface area contributed by atoms with E-state index in [-0.39, 0.29) is 18.3 Å². The van der Waals surface area contributed by atoms with Gasteiger partial charge in [0.25, 0.3) is 0 Å². The number of pyridine rings is 1. The van der Waals surface area contributed by atoms with E-state index in [2.05, 4.69) is 10.3 Å². The second-order valence-electron chi connectivity index (χ2n) is 5.34. The summed E-state index contributed by atoms with van der Waals surface area (Å²) in [6, 6.07) is 7.90. The first-order valence-corrected chi connectivity index (χ1v) is 7.22. The Morgan fingerprint density at radius 1 is 1.26 bits per heavy atom. The molecule has 0 bridgehead atoms. The summed E-state index contributed by atoms with van der Waals surface area (Å²) in [6.07, 6.45) is -3.04. The highest BCUT2D eigenvalue weighted by Crippen LogP contribution is 2.31. The molecule has 0 unspecified atom stereocenters. The standard InChI is InChI=1S/C17H19F3N2O/c1-11-6-7-16(23-3)13(9-11)12(2)22-10-15-14(17(18,19)20)5-4-8-21-15/h4-9,12,22H,10H2,1-3H3/t12-/m0/s1. The third-order valence-electron chi connectivity index (χ3n) is 3.62. The molecule has 2 rings (SSSR count). The predicted molar refractivity (Wildman–Crippen MR) is 82.2 cm³/mol. The van der Waals surface area contributed by atoms with Crippen LogP contribution in [-0.4, -0.2) is 12.1 Å². The Bertz CT molecular complexity index is 671. The molecule has 0 aliphatic heterocycles. The zero-order valence-corrected chi connectivity index (χ0v) is 13.2. The Balaban J connectivity index is 2.17. The van der Waals surface area contributed by atoms with Crippen LogP contribution in [0.2, 0.25) is 0 Å². The molecule has 0 radical (unpaired) electrons. The number of benzene rings is 1. The summed E-state index contributed by atoms with van der Waals surface area (Å²) >= 11 is 0. The van der Waals surface area contributed by atoms with Crippen LogP contribution in [-0.2, 0) is 12.7 Å². The number of rotatable bonds is 5. The number of aryl methyl sites for hydroxylation is 1. The van der Waals surface area contributed by atoms with Gasteiger partial charge in [-0.2, -0.15) is 13.2 Å². The van der Waals surface area contributed by atoms with Gasteiger partial charge in [-0.15, -0.1) is 0 Å². The molecule has 0 fully saturated rings. The smallest absolute Gasteiger partial charge is 0.418 e. The summed E-state index contributed by atoms with van der Waals surface area (Å²) < 4.78 is 44.3. The summed E-state index contributed by atoms with van der Waals surface area (Å²) in [6.45, 7) is 3.86. The maximum atomic E-state index is 13.0. The van der Waals surface area contributed by atoms with Gasteiger partial charge in [-0.25, -0.2) is 0 Å². The van der Waals surface area contributed by atoms with E-state index in [1.54, 1.807) is 7.11 Å². The molecule has 1 N–H and O–H groups in total. The molecule has 0 saturated heterocycles. The van der Waals surface area contributed by atoms with Crippen LogP contribution in [0, 0.1) is 6.92 Å². The minimum absolute atomic E-state index is 0.0153. The SMILES string of the molecule is COc1ccc(C)cc1[C@H](C)NCc1ncccc1C(F)(F)F.